The van der Waals surface area contributed by atoms with Crippen molar-refractivity contribution in [2.24, 2.45) is 0 Å². The predicted octanol–water partition coefficient (Wildman–Crippen LogP) is 7.29. The van der Waals surface area contributed by atoms with Gasteiger partial charge < -0.3 is 5.73 Å². The SMILES string of the molecule is Nc1cccc2c(-c3ccccc3)nccc12.O=[N+]([O-])c1cccc2c(-c3ccccc3)nccc12. The topological polar surface area (TPSA) is 94.9 Å². The minimum absolute atomic E-state index is 0.108. The quantitative estimate of drug-likeness (QED) is 0.166. The standard InChI is InChI=1S/C15H10N2O2.C15H12N2/c18-17(19)14-8-4-7-13-12(14)9-10-16-15(13)11-5-2-1-3-6-11;16-14-8-4-7-13-12(14)9-10-17-15(13)11-5-2-1-3-6-11/h1-10H;1-10H,16H2. The van der Waals surface area contributed by atoms with E-state index in [9.17, 15) is 10.1 Å². The highest BCUT2D eigenvalue weighted by Gasteiger charge is 2.14. The molecule has 0 spiro atoms. The zero-order valence-electron chi connectivity index (χ0n) is 19.3. The summed E-state index contributed by atoms with van der Waals surface area (Å²) >= 11 is 0. The van der Waals surface area contributed by atoms with Crippen LogP contribution in [-0.2, 0) is 0 Å². The summed E-state index contributed by atoms with van der Waals surface area (Å²) in [6.45, 7) is 0. The van der Waals surface area contributed by atoms with Crippen LogP contribution in [0.25, 0.3) is 44.1 Å². The lowest BCUT2D eigenvalue weighted by Gasteiger charge is -2.07. The van der Waals surface area contributed by atoms with Crippen LogP contribution in [0.2, 0.25) is 0 Å². The van der Waals surface area contributed by atoms with Gasteiger partial charge in [0.25, 0.3) is 5.69 Å². The third-order valence-electron chi connectivity index (χ3n) is 5.91. The molecule has 0 fully saturated rings. The second kappa shape index (κ2) is 10.0. The lowest BCUT2D eigenvalue weighted by Crippen LogP contribution is -1.91. The number of non-ortho nitro benzene ring substituents is 1. The maximum atomic E-state index is 11.0. The second-order valence-electron chi connectivity index (χ2n) is 8.12. The van der Waals surface area contributed by atoms with E-state index in [0.717, 1.165) is 44.4 Å². The van der Waals surface area contributed by atoms with Crippen molar-refractivity contribution in [3.63, 3.8) is 0 Å². The number of hydrogen-bond acceptors (Lipinski definition) is 5. The van der Waals surface area contributed by atoms with Crippen LogP contribution in [0.5, 0.6) is 0 Å². The van der Waals surface area contributed by atoms with Gasteiger partial charge in [-0.3, -0.25) is 20.1 Å². The summed E-state index contributed by atoms with van der Waals surface area (Å²) in [5.74, 6) is 0. The molecule has 36 heavy (non-hydrogen) atoms. The Morgan fingerprint density at radius 1 is 0.556 bits per heavy atom. The molecule has 0 aliphatic heterocycles. The minimum Gasteiger partial charge on any atom is -0.398 e. The number of rotatable bonds is 3. The molecule has 0 bridgehead atoms. The Hall–Kier alpha value is -5.10. The summed E-state index contributed by atoms with van der Waals surface area (Å²) in [4.78, 5) is 19.5. The van der Waals surface area contributed by atoms with Gasteiger partial charge in [0, 0.05) is 51.4 Å². The first-order valence-electron chi connectivity index (χ1n) is 11.4. The number of hydrogen-bond donors (Lipinski definition) is 1. The van der Waals surface area contributed by atoms with Crippen molar-refractivity contribution in [3.05, 3.63) is 132 Å². The number of fused-ring (bicyclic) bond motifs is 2. The fourth-order valence-corrected chi connectivity index (χ4v) is 4.23. The highest BCUT2D eigenvalue weighted by atomic mass is 16.6. The molecule has 6 heteroatoms. The summed E-state index contributed by atoms with van der Waals surface area (Å²) in [6.07, 6.45) is 3.42. The number of nitrogen functional groups attached to an aromatic ring is 1. The van der Waals surface area contributed by atoms with Crippen LogP contribution >= 0.6 is 0 Å². The molecule has 0 saturated carbocycles. The average Bonchev–Trinajstić information content (AvgIpc) is 2.93. The van der Waals surface area contributed by atoms with E-state index in [1.165, 1.54) is 6.07 Å². The Morgan fingerprint density at radius 2 is 1.06 bits per heavy atom. The molecule has 6 nitrogen and oxygen atoms in total. The number of anilines is 1. The summed E-state index contributed by atoms with van der Waals surface area (Å²) < 4.78 is 0. The van der Waals surface area contributed by atoms with E-state index in [-0.39, 0.29) is 10.6 Å². The molecular formula is C30H22N4O2. The van der Waals surface area contributed by atoms with E-state index < -0.39 is 0 Å². The van der Waals surface area contributed by atoms with Crippen molar-refractivity contribution in [1.29, 1.82) is 0 Å². The summed E-state index contributed by atoms with van der Waals surface area (Å²) in [6, 6.07) is 34.5. The molecular weight excluding hydrogens is 448 g/mol. The summed E-state index contributed by atoms with van der Waals surface area (Å²) in [5.41, 5.74) is 10.7. The molecule has 0 unspecified atom stereocenters. The van der Waals surface area contributed by atoms with Crippen molar-refractivity contribution in [1.82, 2.24) is 9.97 Å². The molecule has 0 atom stereocenters. The largest absolute Gasteiger partial charge is 0.398 e. The minimum atomic E-state index is -0.364. The number of benzene rings is 4. The van der Waals surface area contributed by atoms with Crippen molar-refractivity contribution in [2.45, 2.75) is 0 Å². The molecule has 2 heterocycles. The van der Waals surface area contributed by atoms with Crippen LogP contribution in [0.3, 0.4) is 0 Å². The second-order valence-corrected chi connectivity index (χ2v) is 8.12. The van der Waals surface area contributed by atoms with E-state index in [2.05, 4.69) is 28.2 Å². The molecule has 2 aromatic heterocycles. The molecule has 174 valence electrons. The Kier molecular flexibility index (Phi) is 6.32. The zero-order chi connectivity index (χ0) is 24.9. The first-order valence-corrected chi connectivity index (χ1v) is 11.4. The Balaban J connectivity index is 0.000000149. The molecule has 0 radical (unpaired) electrons. The molecule has 4 aromatic carbocycles. The maximum Gasteiger partial charge on any atom is 0.277 e. The van der Waals surface area contributed by atoms with Crippen molar-refractivity contribution in [3.8, 4) is 22.5 Å². The van der Waals surface area contributed by atoms with E-state index in [0.29, 0.717) is 5.39 Å². The number of nitro benzene ring substituents is 1. The molecule has 0 saturated heterocycles. The fraction of sp³-hybridized carbons (Fsp3) is 0. The van der Waals surface area contributed by atoms with Crippen molar-refractivity contribution < 1.29 is 4.92 Å². The van der Waals surface area contributed by atoms with Crippen LogP contribution in [-0.4, -0.2) is 14.9 Å². The number of pyridine rings is 2. The highest BCUT2D eigenvalue weighted by molar-refractivity contribution is 6.01. The van der Waals surface area contributed by atoms with Gasteiger partial charge in [0.1, 0.15) is 0 Å². The van der Waals surface area contributed by atoms with Crippen molar-refractivity contribution >= 4 is 32.9 Å². The number of nitro groups is 1. The third-order valence-corrected chi connectivity index (χ3v) is 5.91. The van der Waals surface area contributed by atoms with E-state index in [1.807, 2.05) is 72.8 Å². The van der Waals surface area contributed by atoms with Crippen LogP contribution in [0.4, 0.5) is 11.4 Å². The van der Waals surface area contributed by atoms with E-state index in [1.54, 1.807) is 24.5 Å². The zero-order valence-corrected chi connectivity index (χ0v) is 19.3. The third kappa shape index (κ3) is 4.48. The fourth-order valence-electron chi connectivity index (χ4n) is 4.23. The number of aromatic nitrogens is 2. The molecule has 6 aromatic rings. The van der Waals surface area contributed by atoms with E-state index in [4.69, 9.17) is 5.73 Å². The van der Waals surface area contributed by atoms with Gasteiger partial charge in [-0.2, -0.15) is 0 Å². The van der Waals surface area contributed by atoms with Gasteiger partial charge in [-0.05, 0) is 18.2 Å². The lowest BCUT2D eigenvalue weighted by atomic mass is 10.0. The van der Waals surface area contributed by atoms with Gasteiger partial charge in [0.2, 0.25) is 0 Å². The molecule has 0 aliphatic rings. The van der Waals surface area contributed by atoms with E-state index >= 15 is 0 Å². The molecule has 6 rings (SSSR count). The molecule has 0 amide bonds. The highest BCUT2D eigenvalue weighted by Crippen LogP contribution is 2.32. The van der Waals surface area contributed by atoms with Gasteiger partial charge in [-0.1, -0.05) is 84.9 Å². The predicted molar refractivity (Wildman–Crippen MR) is 145 cm³/mol. The van der Waals surface area contributed by atoms with Gasteiger partial charge in [-0.25, -0.2) is 0 Å². The van der Waals surface area contributed by atoms with Crippen LogP contribution in [0, 0.1) is 10.1 Å². The average molecular weight is 471 g/mol. The van der Waals surface area contributed by atoms with Crippen LogP contribution < -0.4 is 5.73 Å². The van der Waals surface area contributed by atoms with Gasteiger partial charge in [-0.15, -0.1) is 0 Å². The van der Waals surface area contributed by atoms with Crippen LogP contribution in [0.15, 0.2) is 122 Å². The first kappa shape index (κ1) is 22.7. The lowest BCUT2D eigenvalue weighted by molar-refractivity contribution is -0.383. The first-order chi connectivity index (χ1) is 17.6. The Morgan fingerprint density at radius 3 is 1.61 bits per heavy atom. The normalized spacial score (nSPS) is 10.6. The number of nitrogens with zero attached hydrogens (tertiary/aromatic N) is 3. The monoisotopic (exact) mass is 470 g/mol. The maximum absolute atomic E-state index is 11.0. The summed E-state index contributed by atoms with van der Waals surface area (Å²) in [7, 11) is 0. The van der Waals surface area contributed by atoms with Crippen molar-refractivity contribution in [2.75, 3.05) is 5.73 Å². The Bertz CT molecular complexity index is 1670. The van der Waals surface area contributed by atoms with Gasteiger partial charge in [0.15, 0.2) is 0 Å². The molecule has 0 aliphatic carbocycles. The number of nitrogens with two attached hydrogens (primary N) is 1. The Labute approximate surface area is 207 Å². The van der Waals surface area contributed by atoms with Crippen LogP contribution in [0.1, 0.15) is 0 Å². The smallest absolute Gasteiger partial charge is 0.277 e. The van der Waals surface area contributed by atoms with Gasteiger partial charge in [0.05, 0.1) is 21.7 Å². The van der Waals surface area contributed by atoms with Gasteiger partial charge >= 0.3 is 0 Å². The summed E-state index contributed by atoms with van der Waals surface area (Å²) in [5, 5.41) is 14.6. The molecule has 2 N–H and O–H groups in total.